The van der Waals surface area contributed by atoms with Crippen LogP contribution in [0.2, 0.25) is 0 Å². The van der Waals surface area contributed by atoms with Crippen molar-refractivity contribution in [1.29, 1.82) is 0 Å². The first kappa shape index (κ1) is 9.67. The number of hydrogen-bond donors (Lipinski definition) is 1. The van der Waals surface area contributed by atoms with Crippen molar-refractivity contribution in [1.82, 2.24) is 5.32 Å². The molecule has 2 heterocycles. The maximum absolute atomic E-state index is 5.58. The predicted octanol–water partition coefficient (Wildman–Crippen LogP) is 2.81. The van der Waals surface area contributed by atoms with Crippen LogP contribution in [0.4, 0.5) is 0 Å². The molecule has 1 aromatic rings. The van der Waals surface area contributed by atoms with Crippen molar-refractivity contribution in [3.8, 4) is 5.75 Å². The molecule has 0 amide bonds. The largest absolute Gasteiger partial charge is 0.492 e. The Morgan fingerprint density at radius 3 is 3.13 bits per heavy atom. The molecule has 1 fully saturated rings. The SMILES string of the molecule is Brc1cc(C2CCCN2)cc2c1OCC2. The van der Waals surface area contributed by atoms with Crippen molar-refractivity contribution in [3.05, 3.63) is 27.7 Å². The molecule has 0 bridgehead atoms. The summed E-state index contributed by atoms with van der Waals surface area (Å²) >= 11 is 3.59. The van der Waals surface area contributed by atoms with E-state index in [1.165, 1.54) is 24.0 Å². The molecular formula is C12H14BrNO. The molecule has 1 atom stereocenters. The van der Waals surface area contributed by atoms with Crippen molar-refractivity contribution in [2.24, 2.45) is 0 Å². The summed E-state index contributed by atoms with van der Waals surface area (Å²) in [7, 11) is 0. The van der Waals surface area contributed by atoms with Crippen LogP contribution >= 0.6 is 15.9 Å². The number of hydrogen-bond acceptors (Lipinski definition) is 2. The van der Waals surface area contributed by atoms with E-state index in [1.54, 1.807) is 0 Å². The molecule has 0 spiro atoms. The molecule has 1 N–H and O–H groups in total. The highest BCUT2D eigenvalue weighted by molar-refractivity contribution is 9.10. The molecule has 0 aromatic heterocycles. The van der Waals surface area contributed by atoms with E-state index in [-0.39, 0.29) is 0 Å². The molecule has 15 heavy (non-hydrogen) atoms. The van der Waals surface area contributed by atoms with Gasteiger partial charge in [-0.1, -0.05) is 6.07 Å². The van der Waals surface area contributed by atoms with Crippen LogP contribution in [0, 0.1) is 0 Å². The van der Waals surface area contributed by atoms with Gasteiger partial charge in [-0.05, 0) is 52.5 Å². The molecule has 3 rings (SSSR count). The van der Waals surface area contributed by atoms with E-state index in [2.05, 4.69) is 33.4 Å². The number of nitrogens with one attached hydrogen (secondary N) is 1. The van der Waals surface area contributed by atoms with Crippen LogP contribution in [-0.2, 0) is 6.42 Å². The maximum Gasteiger partial charge on any atom is 0.136 e. The molecule has 1 saturated heterocycles. The van der Waals surface area contributed by atoms with Gasteiger partial charge >= 0.3 is 0 Å². The van der Waals surface area contributed by atoms with Gasteiger partial charge in [-0.2, -0.15) is 0 Å². The van der Waals surface area contributed by atoms with Gasteiger partial charge in [0.15, 0.2) is 0 Å². The van der Waals surface area contributed by atoms with Crippen LogP contribution < -0.4 is 10.1 Å². The Labute approximate surface area is 98.1 Å². The zero-order valence-electron chi connectivity index (χ0n) is 8.55. The summed E-state index contributed by atoms with van der Waals surface area (Å²) in [4.78, 5) is 0. The van der Waals surface area contributed by atoms with Crippen molar-refractivity contribution >= 4 is 15.9 Å². The third kappa shape index (κ3) is 1.68. The van der Waals surface area contributed by atoms with Crippen LogP contribution in [0.1, 0.15) is 30.0 Å². The summed E-state index contributed by atoms with van der Waals surface area (Å²) in [6.45, 7) is 1.98. The number of fused-ring (bicyclic) bond motifs is 1. The Morgan fingerprint density at radius 2 is 2.33 bits per heavy atom. The molecule has 2 aliphatic heterocycles. The lowest BCUT2D eigenvalue weighted by Crippen LogP contribution is -2.12. The van der Waals surface area contributed by atoms with Crippen molar-refractivity contribution in [2.45, 2.75) is 25.3 Å². The summed E-state index contributed by atoms with van der Waals surface area (Å²) < 4.78 is 6.69. The zero-order valence-corrected chi connectivity index (χ0v) is 10.1. The number of ether oxygens (including phenoxy) is 1. The van der Waals surface area contributed by atoms with Crippen LogP contribution in [0.25, 0.3) is 0 Å². The summed E-state index contributed by atoms with van der Waals surface area (Å²) in [6, 6.07) is 5.05. The molecule has 80 valence electrons. The average Bonchev–Trinajstić information content (AvgIpc) is 2.88. The standard InChI is InChI=1S/C12H14BrNO/c13-10-7-9(11-2-1-4-14-11)6-8-3-5-15-12(8)10/h6-7,11,14H,1-5H2. The maximum atomic E-state index is 5.58. The Balaban J connectivity index is 1.99. The molecule has 0 radical (unpaired) electrons. The summed E-state index contributed by atoms with van der Waals surface area (Å²) in [5, 5.41) is 3.53. The molecule has 1 unspecified atom stereocenters. The molecule has 2 aliphatic rings. The molecule has 0 saturated carbocycles. The smallest absolute Gasteiger partial charge is 0.136 e. The summed E-state index contributed by atoms with van der Waals surface area (Å²) in [6.07, 6.45) is 3.59. The first-order valence-corrected chi connectivity index (χ1v) is 6.32. The van der Waals surface area contributed by atoms with E-state index in [0.717, 1.165) is 29.8 Å². The average molecular weight is 268 g/mol. The first-order valence-electron chi connectivity index (χ1n) is 5.53. The van der Waals surface area contributed by atoms with Gasteiger partial charge in [0.2, 0.25) is 0 Å². The first-order chi connectivity index (χ1) is 7.34. The van der Waals surface area contributed by atoms with Gasteiger partial charge in [-0.15, -0.1) is 0 Å². The molecule has 3 heteroatoms. The Hall–Kier alpha value is -0.540. The van der Waals surface area contributed by atoms with Gasteiger partial charge in [0.25, 0.3) is 0 Å². The van der Waals surface area contributed by atoms with Gasteiger partial charge in [0.1, 0.15) is 5.75 Å². The number of rotatable bonds is 1. The summed E-state index contributed by atoms with van der Waals surface area (Å²) in [5.74, 6) is 1.05. The highest BCUT2D eigenvalue weighted by atomic mass is 79.9. The fourth-order valence-corrected chi connectivity index (χ4v) is 3.09. The minimum Gasteiger partial charge on any atom is -0.492 e. The lowest BCUT2D eigenvalue weighted by molar-refractivity contribution is 0.355. The van der Waals surface area contributed by atoms with Crippen molar-refractivity contribution in [3.63, 3.8) is 0 Å². The van der Waals surface area contributed by atoms with Crippen LogP contribution in [0.15, 0.2) is 16.6 Å². The Kier molecular flexibility index (Phi) is 2.45. The fraction of sp³-hybridized carbons (Fsp3) is 0.500. The quantitative estimate of drug-likeness (QED) is 0.845. The predicted molar refractivity (Wildman–Crippen MR) is 63.3 cm³/mol. The van der Waals surface area contributed by atoms with E-state index in [0.29, 0.717) is 6.04 Å². The lowest BCUT2D eigenvalue weighted by Gasteiger charge is -2.13. The van der Waals surface area contributed by atoms with Crippen molar-refractivity contribution < 1.29 is 4.74 Å². The van der Waals surface area contributed by atoms with E-state index >= 15 is 0 Å². The van der Waals surface area contributed by atoms with E-state index in [9.17, 15) is 0 Å². The summed E-state index contributed by atoms with van der Waals surface area (Å²) in [5.41, 5.74) is 2.76. The van der Waals surface area contributed by atoms with Gasteiger partial charge in [-0.3, -0.25) is 0 Å². The minimum absolute atomic E-state index is 0.548. The van der Waals surface area contributed by atoms with Crippen molar-refractivity contribution in [2.75, 3.05) is 13.2 Å². The third-order valence-electron chi connectivity index (χ3n) is 3.22. The van der Waals surface area contributed by atoms with Gasteiger partial charge in [0, 0.05) is 12.5 Å². The number of halogens is 1. The van der Waals surface area contributed by atoms with Gasteiger partial charge < -0.3 is 10.1 Å². The van der Waals surface area contributed by atoms with Crippen LogP contribution in [0.3, 0.4) is 0 Å². The molecular weight excluding hydrogens is 254 g/mol. The van der Waals surface area contributed by atoms with Crippen LogP contribution in [-0.4, -0.2) is 13.2 Å². The third-order valence-corrected chi connectivity index (χ3v) is 3.81. The second-order valence-electron chi connectivity index (χ2n) is 4.24. The monoisotopic (exact) mass is 267 g/mol. The topological polar surface area (TPSA) is 21.3 Å². The Morgan fingerprint density at radius 1 is 1.40 bits per heavy atom. The van der Waals surface area contributed by atoms with Crippen LogP contribution in [0.5, 0.6) is 5.75 Å². The van der Waals surface area contributed by atoms with E-state index in [4.69, 9.17) is 4.74 Å². The minimum atomic E-state index is 0.548. The Bertz CT molecular complexity index is 385. The second-order valence-corrected chi connectivity index (χ2v) is 5.09. The number of benzene rings is 1. The van der Waals surface area contributed by atoms with E-state index in [1.807, 2.05) is 0 Å². The molecule has 1 aromatic carbocycles. The highest BCUT2D eigenvalue weighted by Gasteiger charge is 2.21. The van der Waals surface area contributed by atoms with Gasteiger partial charge in [0.05, 0.1) is 11.1 Å². The fourth-order valence-electron chi connectivity index (χ4n) is 2.45. The highest BCUT2D eigenvalue weighted by Crippen LogP contribution is 2.37. The van der Waals surface area contributed by atoms with E-state index < -0.39 is 0 Å². The zero-order chi connectivity index (χ0) is 10.3. The lowest BCUT2D eigenvalue weighted by atomic mass is 10.0. The second kappa shape index (κ2) is 3.80. The molecule has 2 nitrogen and oxygen atoms in total. The molecule has 0 aliphatic carbocycles. The normalized spacial score (nSPS) is 23.9. The van der Waals surface area contributed by atoms with Gasteiger partial charge in [-0.25, -0.2) is 0 Å².